The van der Waals surface area contributed by atoms with E-state index in [1.165, 1.54) is 12.1 Å². The third-order valence-electron chi connectivity index (χ3n) is 4.25. The number of amides is 3. The largest absolute Gasteiger partial charge is 0.452 e. The number of nitrogens with zero attached hydrogens (tertiary/aromatic N) is 2. The molecule has 0 saturated carbocycles. The van der Waals surface area contributed by atoms with Gasteiger partial charge in [0.1, 0.15) is 5.69 Å². The lowest BCUT2D eigenvalue weighted by Crippen LogP contribution is -2.35. The van der Waals surface area contributed by atoms with Gasteiger partial charge in [0.05, 0.1) is 5.56 Å². The number of imide groups is 1. The first-order chi connectivity index (χ1) is 13.0. The zero-order valence-electron chi connectivity index (χ0n) is 14.8. The first-order valence-electron chi connectivity index (χ1n) is 8.49. The Morgan fingerprint density at radius 3 is 2.48 bits per heavy atom. The van der Waals surface area contributed by atoms with Gasteiger partial charge in [-0.15, -0.1) is 0 Å². The fourth-order valence-corrected chi connectivity index (χ4v) is 2.84. The molecule has 8 heteroatoms. The van der Waals surface area contributed by atoms with Gasteiger partial charge < -0.3 is 14.2 Å². The van der Waals surface area contributed by atoms with Crippen molar-refractivity contribution in [3.05, 3.63) is 53.9 Å². The first-order valence-corrected chi connectivity index (χ1v) is 8.49. The van der Waals surface area contributed by atoms with Gasteiger partial charge in [0, 0.05) is 31.9 Å². The molecule has 0 unspecified atom stereocenters. The van der Waals surface area contributed by atoms with Crippen molar-refractivity contribution in [2.45, 2.75) is 12.8 Å². The van der Waals surface area contributed by atoms with Crippen LogP contribution in [0.1, 0.15) is 33.7 Å². The highest BCUT2D eigenvalue weighted by Gasteiger charge is 2.22. The summed E-state index contributed by atoms with van der Waals surface area (Å²) in [5, 5.41) is 2.16. The summed E-state index contributed by atoms with van der Waals surface area (Å²) in [5.74, 6) is -1.90. The van der Waals surface area contributed by atoms with Crippen LogP contribution in [0.25, 0.3) is 0 Å². The standard InChI is InChI=1S/C19H19N3O5/c1-21-10-2-4-15(21)18(25)20-16(23)12-27-19(26)13-6-8-14(9-7-13)22-11-3-5-17(22)24/h2,4,6-10H,3,5,11-12H2,1H3,(H,20,23,25). The lowest BCUT2D eigenvalue weighted by atomic mass is 10.2. The number of carbonyl (C=O) groups excluding carboxylic acids is 4. The number of anilines is 1. The van der Waals surface area contributed by atoms with Crippen molar-refractivity contribution in [3.63, 3.8) is 0 Å². The van der Waals surface area contributed by atoms with Crippen molar-refractivity contribution >= 4 is 29.4 Å². The Balaban J connectivity index is 1.51. The van der Waals surface area contributed by atoms with Gasteiger partial charge in [-0.2, -0.15) is 0 Å². The molecule has 0 atom stereocenters. The Bertz CT molecular complexity index is 885. The van der Waals surface area contributed by atoms with Crippen molar-refractivity contribution < 1.29 is 23.9 Å². The van der Waals surface area contributed by atoms with Crippen LogP contribution in [-0.4, -0.2) is 41.4 Å². The van der Waals surface area contributed by atoms with Crippen molar-refractivity contribution in [1.82, 2.24) is 9.88 Å². The second-order valence-electron chi connectivity index (χ2n) is 6.15. The van der Waals surface area contributed by atoms with E-state index >= 15 is 0 Å². The van der Waals surface area contributed by atoms with Crippen molar-refractivity contribution in [2.75, 3.05) is 18.1 Å². The molecular formula is C19H19N3O5. The average molecular weight is 369 g/mol. The number of benzene rings is 1. The minimum Gasteiger partial charge on any atom is -0.452 e. The Morgan fingerprint density at radius 1 is 1.15 bits per heavy atom. The van der Waals surface area contributed by atoms with Gasteiger partial charge in [0.25, 0.3) is 11.8 Å². The van der Waals surface area contributed by atoms with E-state index in [-0.39, 0.29) is 11.5 Å². The van der Waals surface area contributed by atoms with Crippen LogP contribution in [0.3, 0.4) is 0 Å². The lowest BCUT2D eigenvalue weighted by molar-refractivity contribution is -0.123. The number of aromatic nitrogens is 1. The molecule has 3 rings (SSSR count). The molecule has 0 aliphatic carbocycles. The number of rotatable bonds is 5. The number of esters is 1. The van der Waals surface area contributed by atoms with Crippen LogP contribution in [0.4, 0.5) is 5.69 Å². The van der Waals surface area contributed by atoms with Crippen LogP contribution in [0.5, 0.6) is 0 Å². The number of ether oxygens (including phenoxy) is 1. The fourth-order valence-electron chi connectivity index (χ4n) is 2.84. The molecule has 1 aromatic heterocycles. The molecule has 140 valence electrons. The molecule has 2 aromatic rings. The van der Waals surface area contributed by atoms with E-state index in [4.69, 9.17) is 4.74 Å². The van der Waals surface area contributed by atoms with E-state index in [9.17, 15) is 19.2 Å². The molecule has 1 aromatic carbocycles. The summed E-state index contributed by atoms with van der Waals surface area (Å²) in [5.41, 5.74) is 1.30. The van der Waals surface area contributed by atoms with Crippen LogP contribution in [0.2, 0.25) is 0 Å². The third-order valence-corrected chi connectivity index (χ3v) is 4.25. The van der Waals surface area contributed by atoms with Gasteiger partial charge in [-0.1, -0.05) is 0 Å². The molecule has 0 radical (unpaired) electrons. The minimum absolute atomic E-state index is 0.0601. The summed E-state index contributed by atoms with van der Waals surface area (Å²) < 4.78 is 6.51. The quantitative estimate of drug-likeness (QED) is 0.801. The molecule has 1 aliphatic heterocycles. The summed E-state index contributed by atoms with van der Waals surface area (Å²) in [6.07, 6.45) is 3.03. The van der Waals surface area contributed by atoms with Gasteiger partial charge in [0.2, 0.25) is 5.91 Å². The van der Waals surface area contributed by atoms with Gasteiger partial charge in [0.15, 0.2) is 6.61 Å². The maximum Gasteiger partial charge on any atom is 0.338 e. The number of hydrogen-bond donors (Lipinski definition) is 1. The zero-order valence-corrected chi connectivity index (χ0v) is 14.8. The second kappa shape index (κ2) is 7.86. The second-order valence-corrected chi connectivity index (χ2v) is 6.15. The molecular weight excluding hydrogens is 350 g/mol. The Kier molecular flexibility index (Phi) is 5.35. The summed E-state index contributed by atoms with van der Waals surface area (Å²) in [6.45, 7) is 0.0966. The van der Waals surface area contributed by atoms with Crippen LogP contribution < -0.4 is 10.2 Å². The number of carbonyl (C=O) groups is 4. The zero-order chi connectivity index (χ0) is 19.4. The highest BCUT2D eigenvalue weighted by molar-refractivity contribution is 6.04. The van der Waals surface area contributed by atoms with E-state index in [0.29, 0.717) is 18.7 Å². The highest BCUT2D eigenvalue weighted by atomic mass is 16.5. The molecule has 0 bridgehead atoms. The molecule has 2 heterocycles. The van der Waals surface area contributed by atoms with Crippen LogP contribution >= 0.6 is 0 Å². The number of aryl methyl sites for hydroxylation is 1. The average Bonchev–Trinajstić information content (AvgIpc) is 3.28. The summed E-state index contributed by atoms with van der Waals surface area (Å²) in [7, 11) is 1.68. The number of nitrogens with one attached hydrogen (secondary N) is 1. The monoisotopic (exact) mass is 369 g/mol. The maximum absolute atomic E-state index is 12.0. The summed E-state index contributed by atoms with van der Waals surface area (Å²) in [4.78, 5) is 49.1. The van der Waals surface area contributed by atoms with Crippen molar-refractivity contribution in [1.29, 1.82) is 0 Å². The molecule has 1 N–H and O–H groups in total. The Morgan fingerprint density at radius 2 is 1.89 bits per heavy atom. The lowest BCUT2D eigenvalue weighted by Gasteiger charge is -2.15. The van der Waals surface area contributed by atoms with E-state index in [1.54, 1.807) is 47.0 Å². The topological polar surface area (TPSA) is 97.7 Å². The summed E-state index contributed by atoms with van der Waals surface area (Å²) in [6, 6.07) is 9.66. The molecule has 3 amide bonds. The first kappa shape index (κ1) is 18.4. The highest BCUT2D eigenvalue weighted by Crippen LogP contribution is 2.21. The molecule has 27 heavy (non-hydrogen) atoms. The molecule has 1 aliphatic rings. The van der Waals surface area contributed by atoms with Crippen molar-refractivity contribution in [3.8, 4) is 0 Å². The number of hydrogen-bond acceptors (Lipinski definition) is 5. The Hall–Kier alpha value is -3.42. The van der Waals surface area contributed by atoms with Gasteiger partial charge in [-0.25, -0.2) is 4.79 Å². The molecule has 8 nitrogen and oxygen atoms in total. The predicted octanol–water partition coefficient (Wildman–Crippen LogP) is 1.27. The van der Waals surface area contributed by atoms with Gasteiger partial charge in [-0.05, 0) is 42.8 Å². The van der Waals surface area contributed by atoms with E-state index < -0.39 is 24.4 Å². The van der Waals surface area contributed by atoms with Crippen LogP contribution in [-0.2, 0) is 21.4 Å². The fraction of sp³-hybridized carbons (Fsp3) is 0.263. The van der Waals surface area contributed by atoms with Gasteiger partial charge >= 0.3 is 5.97 Å². The van der Waals surface area contributed by atoms with E-state index in [1.807, 2.05) is 0 Å². The normalized spacial score (nSPS) is 13.5. The molecule has 0 spiro atoms. The minimum atomic E-state index is -0.714. The van der Waals surface area contributed by atoms with Crippen LogP contribution in [0.15, 0.2) is 42.6 Å². The SMILES string of the molecule is Cn1cccc1C(=O)NC(=O)COC(=O)c1ccc(N2CCCC2=O)cc1. The van der Waals surface area contributed by atoms with Crippen LogP contribution in [0, 0.1) is 0 Å². The smallest absolute Gasteiger partial charge is 0.338 e. The Labute approximate surface area is 155 Å². The molecule has 1 saturated heterocycles. The van der Waals surface area contributed by atoms with E-state index in [0.717, 1.165) is 12.1 Å². The van der Waals surface area contributed by atoms with E-state index in [2.05, 4.69) is 5.32 Å². The predicted molar refractivity (Wildman–Crippen MR) is 96.2 cm³/mol. The summed E-state index contributed by atoms with van der Waals surface area (Å²) >= 11 is 0. The van der Waals surface area contributed by atoms with Gasteiger partial charge in [-0.3, -0.25) is 19.7 Å². The third kappa shape index (κ3) is 4.22. The maximum atomic E-state index is 12.0. The molecule has 1 fully saturated rings. The van der Waals surface area contributed by atoms with Crippen molar-refractivity contribution in [2.24, 2.45) is 7.05 Å².